The molecule has 1 N–H and O–H groups in total. The summed E-state index contributed by atoms with van der Waals surface area (Å²) in [5.41, 5.74) is 0. The highest BCUT2D eigenvalue weighted by Crippen LogP contribution is 2.11. The summed E-state index contributed by atoms with van der Waals surface area (Å²) in [6.07, 6.45) is 9.12. The first-order chi connectivity index (χ1) is 14.3. The van der Waals surface area contributed by atoms with Crippen LogP contribution in [0.1, 0.15) is 31.4 Å². The molecule has 1 aromatic heterocycles. The van der Waals surface area contributed by atoms with E-state index in [1.807, 2.05) is 18.2 Å². The molecule has 0 radical (unpaired) electrons. The SMILES string of the molecule is C=CCNC(=NCCc1ccco1)N1CCN(CC(=O)N2CCCCCC2)CC1.I. The van der Waals surface area contributed by atoms with Gasteiger partial charge in [0.05, 0.1) is 12.8 Å². The number of likely N-dealkylation sites (tertiary alicyclic amines) is 1. The molecule has 0 unspecified atom stereocenters. The van der Waals surface area contributed by atoms with Crippen molar-refractivity contribution in [1.29, 1.82) is 0 Å². The highest BCUT2D eigenvalue weighted by Gasteiger charge is 2.23. The number of furan rings is 1. The summed E-state index contributed by atoms with van der Waals surface area (Å²) in [7, 11) is 0. The molecule has 2 aliphatic heterocycles. The van der Waals surface area contributed by atoms with Crippen molar-refractivity contribution in [3.8, 4) is 0 Å². The number of rotatable bonds is 7. The van der Waals surface area contributed by atoms with Crippen LogP contribution in [0.25, 0.3) is 0 Å². The predicted molar refractivity (Wildman–Crippen MR) is 131 cm³/mol. The number of amides is 1. The molecule has 168 valence electrons. The number of hydrogen-bond acceptors (Lipinski definition) is 4. The molecule has 0 saturated carbocycles. The monoisotopic (exact) mass is 529 g/mol. The van der Waals surface area contributed by atoms with E-state index < -0.39 is 0 Å². The first-order valence-electron chi connectivity index (χ1n) is 10.9. The van der Waals surface area contributed by atoms with Crippen LogP contribution in [0.15, 0.2) is 40.5 Å². The van der Waals surface area contributed by atoms with E-state index in [9.17, 15) is 4.79 Å². The maximum atomic E-state index is 12.6. The van der Waals surface area contributed by atoms with Crippen molar-refractivity contribution < 1.29 is 9.21 Å². The Morgan fingerprint density at radius 2 is 1.83 bits per heavy atom. The van der Waals surface area contributed by atoms with Crippen molar-refractivity contribution in [1.82, 2.24) is 20.0 Å². The number of guanidine groups is 1. The molecule has 2 fully saturated rings. The van der Waals surface area contributed by atoms with Crippen LogP contribution in [0.4, 0.5) is 0 Å². The van der Waals surface area contributed by atoms with Gasteiger partial charge >= 0.3 is 0 Å². The van der Waals surface area contributed by atoms with Gasteiger partial charge in [0, 0.05) is 58.8 Å². The quantitative estimate of drug-likeness (QED) is 0.255. The third-order valence-electron chi connectivity index (χ3n) is 5.59. The molecule has 0 atom stereocenters. The molecule has 0 spiro atoms. The lowest BCUT2D eigenvalue weighted by Crippen LogP contribution is -2.54. The second-order valence-electron chi connectivity index (χ2n) is 7.76. The van der Waals surface area contributed by atoms with Crippen molar-refractivity contribution in [2.24, 2.45) is 4.99 Å². The van der Waals surface area contributed by atoms with Crippen molar-refractivity contribution >= 4 is 35.8 Å². The van der Waals surface area contributed by atoms with Gasteiger partial charge in [-0.25, -0.2) is 0 Å². The summed E-state index contributed by atoms with van der Waals surface area (Å²) >= 11 is 0. The topological polar surface area (TPSA) is 64.3 Å². The predicted octanol–water partition coefficient (Wildman–Crippen LogP) is 2.59. The number of carbonyl (C=O) groups excluding carboxylic acids is 1. The minimum Gasteiger partial charge on any atom is -0.469 e. The Bertz CT molecular complexity index is 648. The van der Waals surface area contributed by atoms with Gasteiger partial charge in [-0.2, -0.15) is 0 Å². The lowest BCUT2D eigenvalue weighted by Gasteiger charge is -2.37. The zero-order valence-corrected chi connectivity index (χ0v) is 20.3. The fraction of sp³-hybridized carbons (Fsp3) is 0.636. The van der Waals surface area contributed by atoms with Gasteiger partial charge < -0.3 is 19.5 Å². The Hall–Kier alpha value is -1.55. The second-order valence-corrected chi connectivity index (χ2v) is 7.76. The molecule has 0 aromatic carbocycles. The first-order valence-corrected chi connectivity index (χ1v) is 10.9. The molecule has 3 rings (SSSR count). The van der Waals surface area contributed by atoms with E-state index >= 15 is 0 Å². The Balaban J connectivity index is 0.00000320. The number of nitrogens with one attached hydrogen (secondary N) is 1. The van der Waals surface area contributed by atoms with E-state index in [1.54, 1.807) is 6.26 Å². The molecule has 1 aromatic rings. The molecule has 1 amide bonds. The molecular weight excluding hydrogens is 493 g/mol. The Labute approximate surface area is 197 Å². The summed E-state index contributed by atoms with van der Waals surface area (Å²) in [6, 6.07) is 3.88. The largest absolute Gasteiger partial charge is 0.469 e. The molecule has 8 heteroatoms. The normalized spacial score (nSPS) is 18.5. The van der Waals surface area contributed by atoms with Crippen LogP contribution in [-0.2, 0) is 11.2 Å². The molecule has 0 bridgehead atoms. The van der Waals surface area contributed by atoms with Gasteiger partial charge in [-0.3, -0.25) is 14.7 Å². The fourth-order valence-electron chi connectivity index (χ4n) is 3.89. The van der Waals surface area contributed by atoms with E-state index in [-0.39, 0.29) is 29.9 Å². The first kappa shape index (κ1) is 24.7. The number of carbonyl (C=O) groups is 1. The molecule has 7 nitrogen and oxygen atoms in total. The lowest BCUT2D eigenvalue weighted by atomic mass is 10.2. The van der Waals surface area contributed by atoms with Crippen LogP contribution in [-0.4, -0.2) is 85.5 Å². The highest BCUT2D eigenvalue weighted by atomic mass is 127. The van der Waals surface area contributed by atoms with Gasteiger partial charge in [0.1, 0.15) is 5.76 Å². The highest BCUT2D eigenvalue weighted by molar-refractivity contribution is 14.0. The molecule has 30 heavy (non-hydrogen) atoms. The standard InChI is InChI=1S/C22H35N5O2.HI/c1-2-10-23-22(24-11-9-20-8-7-18-29-20)27-16-14-25(15-17-27)19-21(28)26-12-5-3-4-6-13-26;/h2,7-8,18H,1,3-6,9-17,19H2,(H,23,24);1H. The lowest BCUT2D eigenvalue weighted by molar-refractivity contribution is -0.132. The van der Waals surface area contributed by atoms with Gasteiger partial charge in [0.25, 0.3) is 0 Å². The average molecular weight is 529 g/mol. The summed E-state index contributed by atoms with van der Waals surface area (Å²) in [6.45, 7) is 11.1. The maximum absolute atomic E-state index is 12.6. The van der Waals surface area contributed by atoms with Crippen LogP contribution < -0.4 is 5.32 Å². The maximum Gasteiger partial charge on any atom is 0.236 e. The molecule has 3 heterocycles. The minimum absolute atomic E-state index is 0. The summed E-state index contributed by atoms with van der Waals surface area (Å²) in [4.78, 5) is 24.0. The summed E-state index contributed by atoms with van der Waals surface area (Å²) in [5.74, 6) is 2.15. The number of aliphatic imine (C=N–C) groups is 1. The van der Waals surface area contributed by atoms with Crippen molar-refractivity contribution in [3.05, 3.63) is 36.8 Å². The Kier molecular flexibility index (Phi) is 11.3. The van der Waals surface area contributed by atoms with Crippen molar-refractivity contribution in [2.45, 2.75) is 32.1 Å². The molecule has 2 aliphatic rings. The Morgan fingerprint density at radius 1 is 1.10 bits per heavy atom. The van der Waals surface area contributed by atoms with Gasteiger partial charge in [0.15, 0.2) is 5.96 Å². The van der Waals surface area contributed by atoms with E-state index in [4.69, 9.17) is 9.41 Å². The fourth-order valence-corrected chi connectivity index (χ4v) is 3.89. The van der Waals surface area contributed by atoms with Crippen LogP contribution in [0.5, 0.6) is 0 Å². The van der Waals surface area contributed by atoms with Crippen molar-refractivity contribution in [3.63, 3.8) is 0 Å². The number of nitrogens with zero attached hydrogens (tertiary/aromatic N) is 4. The number of piperazine rings is 1. The van der Waals surface area contributed by atoms with E-state index in [0.29, 0.717) is 19.6 Å². The van der Waals surface area contributed by atoms with Crippen LogP contribution in [0, 0.1) is 0 Å². The summed E-state index contributed by atoms with van der Waals surface area (Å²) < 4.78 is 5.39. The van der Waals surface area contributed by atoms with Crippen LogP contribution in [0.2, 0.25) is 0 Å². The average Bonchev–Trinajstić information content (AvgIpc) is 3.10. The molecule has 0 aliphatic carbocycles. The van der Waals surface area contributed by atoms with Gasteiger partial charge in [-0.05, 0) is 25.0 Å². The van der Waals surface area contributed by atoms with Crippen molar-refractivity contribution in [2.75, 3.05) is 58.9 Å². The molecule has 2 saturated heterocycles. The number of hydrogen-bond donors (Lipinski definition) is 1. The second kappa shape index (κ2) is 13.7. The third-order valence-corrected chi connectivity index (χ3v) is 5.59. The third kappa shape index (κ3) is 7.94. The Morgan fingerprint density at radius 3 is 2.47 bits per heavy atom. The zero-order valence-electron chi connectivity index (χ0n) is 17.9. The zero-order chi connectivity index (χ0) is 20.3. The minimum atomic E-state index is 0. The van der Waals surface area contributed by atoms with Gasteiger partial charge in [-0.15, -0.1) is 30.6 Å². The van der Waals surface area contributed by atoms with Gasteiger partial charge in [0.2, 0.25) is 5.91 Å². The summed E-state index contributed by atoms with van der Waals surface area (Å²) in [5, 5.41) is 3.37. The molecular formula is C22H36IN5O2. The van der Waals surface area contributed by atoms with Crippen LogP contribution >= 0.6 is 24.0 Å². The van der Waals surface area contributed by atoms with E-state index in [2.05, 4.69) is 26.6 Å². The number of halogens is 1. The smallest absolute Gasteiger partial charge is 0.236 e. The van der Waals surface area contributed by atoms with Crippen LogP contribution in [0.3, 0.4) is 0 Å². The van der Waals surface area contributed by atoms with Gasteiger partial charge in [-0.1, -0.05) is 18.9 Å². The van der Waals surface area contributed by atoms with E-state index in [1.165, 1.54) is 12.8 Å². The van der Waals surface area contributed by atoms with E-state index in [0.717, 1.165) is 70.3 Å².